The van der Waals surface area contributed by atoms with Gasteiger partial charge in [-0.25, -0.2) is 0 Å². The van der Waals surface area contributed by atoms with Gasteiger partial charge in [-0.2, -0.15) is 0 Å². The Kier molecular flexibility index (Phi) is 46.1. The number of carbonyl (C=O) groups excluding carboxylic acids is 2. The van der Waals surface area contributed by atoms with Crippen LogP contribution in [0.5, 0.6) is 0 Å². The Balaban J connectivity index is 4.49. The Morgan fingerprint density at radius 3 is 1.10 bits per heavy atom. The summed E-state index contributed by atoms with van der Waals surface area (Å²) >= 11 is 0. The first-order valence-electron chi connectivity index (χ1n) is 23.7. The van der Waals surface area contributed by atoms with E-state index in [1.165, 1.54) is 6.42 Å². The highest BCUT2D eigenvalue weighted by Crippen LogP contribution is 2.10. The summed E-state index contributed by atoms with van der Waals surface area (Å²) in [5.74, 6) is -0.520. The fourth-order valence-electron chi connectivity index (χ4n) is 5.74. The molecule has 0 amide bonds. The van der Waals surface area contributed by atoms with Crippen LogP contribution in [-0.4, -0.2) is 37.9 Å². The molecule has 5 nitrogen and oxygen atoms in total. The van der Waals surface area contributed by atoms with E-state index >= 15 is 0 Å². The first kappa shape index (κ1) is 56.0. The zero-order valence-electron chi connectivity index (χ0n) is 38.4. The fraction of sp³-hybridized carbons (Fsp3) is 0.564. The standard InChI is InChI=1S/C55H86O5/c1-4-7-10-13-16-19-22-25-28-30-33-36-39-42-45-48-54(56)59-52-53(51-58-50-47-44-41-38-35-32-27-24-21-18-15-12-9-6-3)60-55(57)49-46-43-40-37-34-31-29-26-23-20-17-14-11-8-5-2/h7-12,16-21,25-29,32-34,36-37,53H,4-6,13-15,22-24,30-31,35,38-52H2,1-3H3/b10-7-,11-8-,12-9-,19-16-,20-17-,21-18-,28-25-,29-26-,32-27-,36-33-,37-34-. The van der Waals surface area contributed by atoms with E-state index in [0.29, 0.717) is 19.4 Å². The molecule has 1 atom stereocenters. The van der Waals surface area contributed by atoms with Crippen molar-refractivity contribution in [2.24, 2.45) is 0 Å². The van der Waals surface area contributed by atoms with E-state index in [4.69, 9.17) is 14.2 Å². The molecule has 0 N–H and O–H groups in total. The summed E-state index contributed by atoms with van der Waals surface area (Å²) < 4.78 is 17.3. The largest absolute Gasteiger partial charge is 0.462 e. The zero-order chi connectivity index (χ0) is 43.5. The molecule has 0 aromatic rings. The van der Waals surface area contributed by atoms with Crippen LogP contribution in [0.2, 0.25) is 0 Å². The number of carbonyl (C=O) groups is 2. The van der Waals surface area contributed by atoms with Gasteiger partial charge in [-0.15, -0.1) is 0 Å². The van der Waals surface area contributed by atoms with Crippen molar-refractivity contribution in [1.29, 1.82) is 0 Å². The second-order valence-electron chi connectivity index (χ2n) is 14.9. The number of rotatable bonds is 41. The van der Waals surface area contributed by atoms with Crippen LogP contribution in [0.1, 0.15) is 175 Å². The Morgan fingerprint density at radius 2 is 0.700 bits per heavy atom. The quantitative estimate of drug-likeness (QED) is 0.0349. The smallest absolute Gasteiger partial charge is 0.306 e. The van der Waals surface area contributed by atoms with Gasteiger partial charge in [-0.05, 0) is 128 Å². The summed E-state index contributed by atoms with van der Waals surface area (Å²) in [4.78, 5) is 25.3. The molecule has 0 saturated heterocycles. The third-order valence-electron chi connectivity index (χ3n) is 9.16. The molecule has 0 bridgehead atoms. The second-order valence-corrected chi connectivity index (χ2v) is 14.9. The van der Waals surface area contributed by atoms with Gasteiger partial charge in [-0.1, -0.05) is 167 Å². The average Bonchev–Trinajstić information content (AvgIpc) is 3.25. The normalized spacial score (nSPS) is 13.4. The van der Waals surface area contributed by atoms with E-state index in [1.54, 1.807) is 0 Å². The lowest BCUT2D eigenvalue weighted by Gasteiger charge is -2.18. The van der Waals surface area contributed by atoms with Crippen molar-refractivity contribution >= 4 is 11.9 Å². The van der Waals surface area contributed by atoms with E-state index in [9.17, 15) is 9.59 Å². The van der Waals surface area contributed by atoms with Crippen molar-refractivity contribution in [2.75, 3.05) is 19.8 Å². The van der Waals surface area contributed by atoms with Crippen LogP contribution in [-0.2, 0) is 23.8 Å². The summed E-state index contributed by atoms with van der Waals surface area (Å²) in [5, 5.41) is 0. The van der Waals surface area contributed by atoms with E-state index in [2.05, 4.69) is 154 Å². The van der Waals surface area contributed by atoms with Crippen LogP contribution in [0.15, 0.2) is 134 Å². The third-order valence-corrected chi connectivity index (χ3v) is 9.16. The highest BCUT2D eigenvalue weighted by atomic mass is 16.6. The fourth-order valence-corrected chi connectivity index (χ4v) is 5.74. The van der Waals surface area contributed by atoms with Gasteiger partial charge in [0.05, 0.1) is 6.61 Å². The molecular weight excluding hydrogens is 741 g/mol. The Morgan fingerprint density at radius 1 is 0.367 bits per heavy atom. The second kappa shape index (κ2) is 49.4. The lowest BCUT2D eigenvalue weighted by Crippen LogP contribution is -2.30. The van der Waals surface area contributed by atoms with Gasteiger partial charge in [0.1, 0.15) is 6.61 Å². The predicted octanol–water partition coefficient (Wildman–Crippen LogP) is 16.0. The van der Waals surface area contributed by atoms with Gasteiger partial charge in [0.2, 0.25) is 0 Å². The highest BCUT2D eigenvalue weighted by molar-refractivity contribution is 5.70. The molecule has 0 aliphatic carbocycles. The van der Waals surface area contributed by atoms with Crippen LogP contribution in [0.4, 0.5) is 0 Å². The van der Waals surface area contributed by atoms with Crippen LogP contribution < -0.4 is 0 Å². The molecular formula is C55H86O5. The van der Waals surface area contributed by atoms with Gasteiger partial charge in [0.15, 0.2) is 6.10 Å². The first-order valence-corrected chi connectivity index (χ1v) is 23.7. The summed E-state index contributed by atoms with van der Waals surface area (Å²) in [6, 6.07) is 0. The summed E-state index contributed by atoms with van der Waals surface area (Å²) in [5.41, 5.74) is 0. The van der Waals surface area contributed by atoms with Crippen LogP contribution >= 0.6 is 0 Å². The molecule has 1 unspecified atom stereocenters. The molecule has 0 radical (unpaired) electrons. The SMILES string of the molecule is CC/C=C\C/C=C\C/C=C\C/C=C\CCCCC(=O)OCC(COCCCCCC/C=C\C/C=C\C/C=C\CC)OC(=O)CCCC/C=C\C/C=C\C/C=C\C/C=C\CC. The molecule has 0 spiro atoms. The van der Waals surface area contributed by atoms with Gasteiger partial charge < -0.3 is 14.2 Å². The van der Waals surface area contributed by atoms with E-state index in [-0.39, 0.29) is 25.2 Å². The van der Waals surface area contributed by atoms with E-state index < -0.39 is 6.10 Å². The van der Waals surface area contributed by atoms with Gasteiger partial charge in [0, 0.05) is 19.4 Å². The maximum atomic E-state index is 12.8. The lowest BCUT2D eigenvalue weighted by atomic mass is 10.1. The molecule has 0 heterocycles. The van der Waals surface area contributed by atoms with Gasteiger partial charge >= 0.3 is 11.9 Å². The summed E-state index contributed by atoms with van der Waals surface area (Å²) in [6.45, 7) is 7.31. The van der Waals surface area contributed by atoms with Crippen molar-refractivity contribution in [3.05, 3.63) is 134 Å². The average molecular weight is 827 g/mol. The maximum Gasteiger partial charge on any atom is 0.306 e. The number of hydrogen-bond acceptors (Lipinski definition) is 5. The number of hydrogen-bond donors (Lipinski definition) is 0. The molecule has 0 aromatic carbocycles. The van der Waals surface area contributed by atoms with E-state index in [1.807, 2.05) is 0 Å². The van der Waals surface area contributed by atoms with Gasteiger partial charge in [0.25, 0.3) is 0 Å². The van der Waals surface area contributed by atoms with Crippen molar-refractivity contribution in [1.82, 2.24) is 0 Å². The summed E-state index contributed by atoms with van der Waals surface area (Å²) in [7, 11) is 0. The zero-order valence-corrected chi connectivity index (χ0v) is 38.4. The Hall–Kier alpha value is -3.96. The third kappa shape index (κ3) is 46.7. The molecule has 0 fully saturated rings. The maximum absolute atomic E-state index is 12.8. The van der Waals surface area contributed by atoms with Crippen molar-refractivity contribution in [3.63, 3.8) is 0 Å². The number of ether oxygens (including phenoxy) is 3. The highest BCUT2D eigenvalue weighted by Gasteiger charge is 2.17. The monoisotopic (exact) mass is 827 g/mol. The minimum absolute atomic E-state index is 0.0281. The molecule has 60 heavy (non-hydrogen) atoms. The van der Waals surface area contributed by atoms with Crippen LogP contribution in [0.3, 0.4) is 0 Å². The minimum Gasteiger partial charge on any atom is -0.462 e. The van der Waals surface area contributed by atoms with Gasteiger partial charge in [-0.3, -0.25) is 9.59 Å². The Bertz CT molecular complexity index is 1300. The number of allylic oxidation sites excluding steroid dienone is 22. The minimum atomic E-state index is -0.595. The number of unbranched alkanes of at least 4 members (excludes halogenated alkanes) is 8. The van der Waals surface area contributed by atoms with Crippen LogP contribution in [0.25, 0.3) is 0 Å². The van der Waals surface area contributed by atoms with Crippen molar-refractivity contribution < 1.29 is 23.8 Å². The summed E-state index contributed by atoms with van der Waals surface area (Å²) in [6.07, 6.45) is 70.3. The molecule has 5 heteroatoms. The number of esters is 2. The molecule has 0 aliphatic rings. The molecule has 0 saturated carbocycles. The molecule has 0 aliphatic heterocycles. The molecule has 0 aromatic heterocycles. The van der Waals surface area contributed by atoms with Crippen LogP contribution in [0, 0.1) is 0 Å². The molecule has 336 valence electrons. The first-order chi connectivity index (χ1) is 29.6. The lowest BCUT2D eigenvalue weighted by molar-refractivity contribution is -0.163. The van der Waals surface area contributed by atoms with Crippen molar-refractivity contribution in [2.45, 2.75) is 181 Å². The topological polar surface area (TPSA) is 61.8 Å². The predicted molar refractivity (Wildman–Crippen MR) is 260 cm³/mol. The Labute approximate surface area is 369 Å². The van der Waals surface area contributed by atoms with Crippen molar-refractivity contribution in [3.8, 4) is 0 Å². The molecule has 0 rings (SSSR count). The van der Waals surface area contributed by atoms with E-state index in [0.717, 1.165) is 135 Å².